The van der Waals surface area contributed by atoms with E-state index in [9.17, 15) is 9.59 Å². The standard InChI is InChI=1S/C12H20O4/c1-5-6-7-8-10(12(14)16-4)9(2)11(13)15-3/h5-8H2,1-4H3/b10-9-. The van der Waals surface area contributed by atoms with Gasteiger partial charge in [0.05, 0.1) is 14.2 Å². The van der Waals surface area contributed by atoms with Crippen molar-refractivity contribution in [1.29, 1.82) is 0 Å². The van der Waals surface area contributed by atoms with Gasteiger partial charge in [-0.25, -0.2) is 9.59 Å². The van der Waals surface area contributed by atoms with Gasteiger partial charge in [-0.05, 0) is 19.8 Å². The van der Waals surface area contributed by atoms with Crippen LogP contribution in [0.25, 0.3) is 0 Å². The lowest BCUT2D eigenvalue weighted by atomic mass is 10.0. The number of hydrogen-bond acceptors (Lipinski definition) is 4. The number of ether oxygens (including phenoxy) is 2. The van der Waals surface area contributed by atoms with E-state index in [0.29, 0.717) is 17.6 Å². The van der Waals surface area contributed by atoms with Crippen molar-refractivity contribution < 1.29 is 19.1 Å². The van der Waals surface area contributed by atoms with Crippen molar-refractivity contribution in [2.24, 2.45) is 0 Å². The maximum absolute atomic E-state index is 11.5. The van der Waals surface area contributed by atoms with E-state index in [1.54, 1.807) is 6.92 Å². The van der Waals surface area contributed by atoms with E-state index in [1.807, 2.05) is 0 Å². The molecule has 0 aliphatic carbocycles. The lowest BCUT2D eigenvalue weighted by Crippen LogP contribution is -2.13. The Morgan fingerprint density at radius 2 is 1.56 bits per heavy atom. The van der Waals surface area contributed by atoms with Crippen LogP contribution in [-0.2, 0) is 19.1 Å². The molecule has 0 aromatic carbocycles. The van der Waals surface area contributed by atoms with Gasteiger partial charge in [-0.15, -0.1) is 0 Å². The highest BCUT2D eigenvalue weighted by Gasteiger charge is 2.17. The minimum absolute atomic E-state index is 0.338. The number of methoxy groups -OCH3 is 2. The van der Waals surface area contributed by atoms with E-state index < -0.39 is 11.9 Å². The summed E-state index contributed by atoms with van der Waals surface area (Å²) in [7, 11) is 2.61. The molecule has 0 spiro atoms. The molecule has 0 N–H and O–H groups in total. The first kappa shape index (κ1) is 14.7. The predicted molar refractivity (Wildman–Crippen MR) is 60.9 cm³/mol. The summed E-state index contributed by atoms with van der Waals surface area (Å²) in [6.07, 6.45) is 3.51. The van der Waals surface area contributed by atoms with Crippen molar-refractivity contribution in [3.8, 4) is 0 Å². The Balaban J connectivity index is 4.77. The molecule has 0 saturated heterocycles. The summed E-state index contributed by atoms with van der Waals surface area (Å²) < 4.78 is 9.24. The van der Waals surface area contributed by atoms with Crippen LogP contribution in [0.1, 0.15) is 39.5 Å². The number of carbonyl (C=O) groups is 2. The molecule has 4 heteroatoms. The highest BCUT2D eigenvalue weighted by Crippen LogP contribution is 2.16. The molecule has 0 rings (SSSR count). The molecule has 0 bridgehead atoms. The van der Waals surface area contributed by atoms with E-state index in [2.05, 4.69) is 16.4 Å². The first-order valence-electron chi connectivity index (χ1n) is 5.44. The molecular formula is C12H20O4. The van der Waals surface area contributed by atoms with E-state index in [1.165, 1.54) is 14.2 Å². The SMILES string of the molecule is CCCCC/C(C(=O)OC)=C(\C)C(=O)OC. The third kappa shape index (κ3) is 4.47. The van der Waals surface area contributed by atoms with Crippen LogP contribution in [0.2, 0.25) is 0 Å². The van der Waals surface area contributed by atoms with Crippen molar-refractivity contribution >= 4 is 11.9 Å². The molecule has 0 fully saturated rings. The van der Waals surface area contributed by atoms with Crippen LogP contribution in [0.15, 0.2) is 11.1 Å². The molecule has 0 atom stereocenters. The second kappa shape index (κ2) is 7.91. The van der Waals surface area contributed by atoms with Crippen molar-refractivity contribution in [3.05, 3.63) is 11.1 Å². The molecular weight excluding hydrogens is 208 g/mol. The molecule has 4 nitrogen and oxygen atoms in total. The molecule has 0 aromatic rings. The molecule has 0 amide bonds. The molecule has 0 aliphatic heterocycles. The van der Waals surface area contributed by atoms with Crippen LogP contribution >= 0.6 is 0 Å². The van der Waals surface area contributed by atoms with Crippen molar-refractivity contribution in [2.45, 2.75) is 39.5 Å². The Hall–Kier alpha value is -1.32. The van der Waals surface area contributed by atoms with Crippen LogP contribution in [0.4, 0.5) is 0 Å². The van der Waals surface area contributed by atoms with E-state index in [0.717, 1.165) is 19.3 Å². The zero-order valence-electron chi connectivity index (χ0n) is 10.5. The number of esters is 2. The first-order chi connectivity index (χ1) is 7.58. The summed E-state index contributed by atoms with van der Waals surface area (Å²) in [4.78, 5) is 22.8. The maximum atomic E-state index is 11.5. The van der Waals surface area contributed by atoms with Gasteiger partial charge in [-0.3, -0.25) is 0 Å². The summed E-state index contributed by atoms with van der Waals surface area (Å²) in [5, 5.41) is 0. The number of carbonyl (C=O) groups excluding carboxylic acids is 2. The van der Waals surface area contributed by atoms with Crippen LogP contribution < -0.4 is 0 Å². The third-order valence-corrected chi connectivity index (χ3v) is 2.41. The monoisotopic (exact) mass is 228 g/mol. The summed E-state index contributed by atoms with van der Waals surface area (Å²) in [6, 6.07) is 0. The van der Waals surface area contributed by atoms with E-state index in [4.69, 9.17) is 0 Å². The van der Waals surface area contributed by atoms with E-state index >= 15 is 0 Å². The van der Waals surface area contributed by atoms with Crippen molar-refractivity contribution in [2.75, 3.05) is 14.2 Å². The topological polar surface area (TPSA) is 52.6 Å². The van der Waals surface area contributed by atoms with Gasteiger partial charge in [-0.1, -0.05) is 19.8 Å². The molecule has 0 aliphatic rings. The van der Waals surface area contributed by atoms with Crippen LogP contribution in [0.3, 0.4) is 0 Å². The predicted octanol–water partition coefficient (Wildman–Crippen LogP) is 2.23. The smallest absolute Gasteiger partial charge is 0.334 e. The lowest BCUT2D eigenvalue weighted by Gasteiger charge is -2.08. The molecule has 0 heterocycles. The number of hydrogen-bond donors (Lipinski definition) is 0. The fourth-order valence-electron chi connectivity index (χ4n) is 1.39. The second-order valence-corrected chi connectivity index (χ2v) is 3.54. The Morgan fingerprint density at radius 1 is 1.00 bits per heavy atom. The van der Waals surface area contributed by atoms with E-state index in [-0.39, 0.29) is 0 Å². The van der Waals surface area contributed by atoms with Gasteiger partial charge in [0.2, 0.25) is 0 Å². The fraction of sp³-hybridized carbons (Fsp3) is 0.667. The average Bonchev–Trinajstić information content (AvgIpc) is 2.32. The molecule has 0 aromatic heterocycles. The van der Waals surface area contributed by atoms with Gasteiger partial charge in [0.15, 0.2) is 0 Å². The lowest BCUT2D eigenvalue weighted by molar-refractivity contribution is -0.139. The summed E-state index contributed by atoms with van der Waals surface area (Å²) in [5.74, 6) is -0.920. The Bertz CT molecular complexity index is 279. The minimum Gasteiger partial charge on any atom is -0.466 e. The van der Waals surface area contributed by atoms with Crippen LogP contribution in [-0.4, -0.2) is 26.2 Å². The van der Waals surface area contributed by atoms with Crippen LogP contribution in [0, 0.1) is 0 Å². The second-order valence-electron chi connectivity index (χ2n) is 3.54. The van der Waals surface area contributed by atoms with Gasteiger partial charge in [0.1, 0.15) is 0 Å². The zero-order chi connectivity index (χ0) is 12.6. The Labute approximate surface area is 96.6 Å². The Morgan fingerprint density at radius 3 is 2.00 bits per heavy atom. The summed E-state index contributed by atoms with van der Waals surface area (Å²) in [6.45, 7) is 3.67. The largest absolute Gasteiger partial charge is 0.466 e. The third-order valence-electron chi connectivity index (χ3n) is 2.41. The quantitative estimate of drug-likeness (QED) is 0.397. The number of rotatable bonds is 6. The highest BCUT2D eigenvalue weighted by atomic mass is 16.5. The van der Waals surface area contributed by atoms with Gasteiger partial charge >= 0.3 is 11.9 Å². The van der Waals surface area contributed by atoms with Gasteiger partial charge in [0, 0.05) is 11.1 Å². The highest BCUT2D eigenvalue weighted by molar-refractivity contribution is 5.99. The minimum atomic E-state index is -0.475. The first-order valence-corrected chi connectivity index (χ1v) is 5.44. The number of unbranched alkanes of at least 4 members (excludes halogenated alkanes) is 2. The van der Waals surface area contributed by atoms with Crippen molar-refractivity contribution in [3.63, 3.8) is 0 Å². The molecule has 0 saturated carbocycles. The van der Waals surface area contributed by atoms with Gasteiger partial charge in [-0.2, -0.15) is 0 Å². The zero-order valence-corrected chi connectivity index (χ0v) is 10.5. The van der Waals surface area contributed by atoms with Gasteiger partial charge in [0.25, 0.3) is 0 Å². The van der Waals surface area contributed by atoms with Crippen LogP contribution in [0.5, 0.6) is 0 Å². The average molecular weight is 228 g/mol. The molecule has 0 radical (unpaired) electrons. The normalized spacial score (nSPS) is 11.8. The summed E-state index contributed by atoms with van der Waals surface area (Å²) in [5.41, 5.74) is 0.758. The maximum Gasteiger partial charge on any atom is 0.334 e. The molecule has 92 valence electrons. The summed E-state index contributed by atoms with van der Waals surface area (Å²) >= 11 is 0. The fourth-order valence-corrected chi connectivity index (χ4v) is 1.39. The molecule has 0 unspecified atom stereocenters. The Kier molecular flexibility index (Phi) is 7.25. The van der Waals surface area contributed by atoms with Gasteiger partial charge < -0.3 is 9.47 Å². The molecule has 16 heavy (non-hydrogen) atoms. The van der Waals surface area contributed by atoms with Crippen molar-refractivity contribution in [1.82, 2.24) is 0 Å².